The van der Waals surface area contributed by atoms with Crippen molar-refractivity contribution in [2.24, 2.45) is 5.84 Å². The Morgan fingerprint density at radius 2 is 2.22 bits per heavy atom. The molecule has 0 bridgehead atoms. The third-order valence-corrected chi connectivity index (χ3v) is 2.60. The van der Waals surface area contributed by atoms with E-state index in [0.29, 0.717) is 13.2 Å². The van der Waals surface area contributed by atoms with Crippen molar-refractivity contribution in [3.05, 3.63) is 22.2 Å². The zero-order chi connectivity index (χ0) is 13.0. The van der Waals surface area contributed by atoms with Gasteiger partial charge in [-0.3, -0.25) is 10.1 Å². The summed E-state index contributed by atoms with van der Waals surface area (Å²) in [5.74, 6) is 5.61. The standard InChI is InChI=1S/C10H14N4O4/c11-13-9-5-7(14(15)16)6-10(12-9)18-8-1-3-17-4-2-8/h5-6,8H,1-4,11H2,(H,12,13). The maximum atomic E-state index is 10.7. The number of nitrogens with zero attached hydrogens (tertiary/aromatic N) is 2. The number of hydrogen-bond donors (Lipinski definition) is 2. The van der Waals surface area contributed by atoms with Gasteiger partial charge in [0.1, 0.15) is 6.10 Å². The fourth-order valence-electron chi connectivity index (χ4n) is 1.70. The third-order valence-electron chi connectivity index (χ3n) is 2.60. The Bertz CT molecular complexity index is 434. The van der Waals surface area contributed by atoms with E-state index in [1.807, 2.05) is 0 Å². The average molecular weight is 254 g/mol. The molecule has 0 saturated carbocycles. The van der Waals surface area contributed by atoms with Gasteiger partial charge in [-0.05, 0) is 0 Å². The van der Waals surface area contributed by atoms with E-state index in [1.54, 1.807) is 0 Å². The molecule has 0 atom stereocenters. The number of pyridine rings is 1. The number of nitrogens with two attached hydrogens (primary N) is 1. The van der Waals surface area contributed by atoms with Gasteiger partial charge in [0.25, 0.3) is 5.69 Å². The molecule has 0 unspecified atom stereocenters. The summed E-state index contributed by atoms with van der Waals surface area (Å²) < 4.78 is 10.8. The summed E-state index contributed by atoms with van der Waals surface area (Å²) in [6.07, 6.45) is 1.46. The number of hydrazine groups is 1. The Kier molecular flexibility index (Phi) is 3.90. The number of rotatable bonds is 4. The van der Waals surface area contributed by atoms with Gasteiger partial charge in [-0.25, -0.2) is 5.84 Å². The van der Waals surface area contributed by atoms with Crippen molar-refractivity contribution in [1.29, 1.82) is 0 Å². The molecule has 18 heavy (non-hydrogen) atoms. The van der Waals surface area contributed by atoms with Crippen molar-refractivity contribution in [2.45, 2.75) is 18.9 Å². The highest BCUT2D eigenvalue weighted by atomic mass is 16.6. The maximum absolute atomic E-state index is 10.7. The molecule has 0 spiro atoms. The number of nitrogen functional groups attached to an aromatic ring is 1. The molecule has 1 fully saturated rings. The number of hydrogen-bond acceptors (Lipinski definition) is 7. The monoisotopic (exact) mass is 254 g/mol. The quantitative estimate of drug-likeness (QED) is 0.465. The number of ether oxygens (including phenoxy) is 2. The van der Waals surface area contributed by atoms with Crippen molar-refractivity contribution in [3.63, 3.8) is 0 Å². The largest absolute Gasteiger partial charge is 0.474 e. The van der Waals surface area contributed by atoms with Gasteiger partial charge in [-0.2, -0.15) is 4.98 Å². The van der Waals surface area contributed by atoms with Gasteiger partial charge in [0.15, 0.2) is 5.82 Å². The van der Waals surface area contributed by atoms with Crippen LogP contribution in [0.4, 0.5) is 11.5 Å². The van der Waals surface area contributed by atoms with Crippen LogP contribution in [-0.2, 0) is 4.74 Å². The molecule has 8 heteroatoms. The molecule has 98 valence electrons. The molecule has 2 heterocycles. The van der Waals surface area contributed by atoms with E-state index in [-0.39, 0.29) is 23.5 Å². The van der Waals surface area contributed by atoms with Crippen LogP contribution in [0.2, 0.25) is 0 Å². The molecule has 1 aromatic rings. The Morgan fingerprint density at radius 3 is 2.83 bits per heavy atom. The fraction of sp³-hybridized carbons (Fsp3) is 0.500. The third kappa shape index (κ3) is 3.05. The van der Waals surface area contributed by atoms with Crippen LogP contribution in [0.5, 0.6) is 5.88 Å². The Labute approximate surface area is 103 Å². The summed E-state index contributed by atoms with van der Waals surface area (Å²) in [5.41, 5.74) is 2.17. The minimum absolute atomic E-state index is 0.0288. The van der Waals surface area contributed by atoms with E-state index in [2.05, 4.69) is 10.4 Å². The van der Waals surface area contributed by atoms with Crippen LogP contribution >= 0.6 is 0 Å². The second-order valence-electron chi connectivity index (χ2n) is 3.88. The maximum Gasteiger partial charge on any atom is 0.278 e. The molecular formula is C10H14N4O4. The first-order valence-electron chi connectivity index (χ1n) is 5.56. The molecule has 8 nitrogen and oxygen atoms in total. The lowest BCUT2D eigenvalue weighted by Crippen LogP contribution is -2.26. The van der Waals surface area contributed by atoms with Crippen molar-refractivity contribution < 1.29 is 14.4 Å². The predicted octanol–water partition coefficient (Wildman–Crippen LogP) is 0.833. The Morgan fingerprint density at radius 1 is 1.50 bits per heavy atom. The summed E-state index contributed by atoms with van der Waals surface area (Å²) in [6.45, 7) is 1.25. The molecule has 0 aromatic carbocycles. The highest BCUT2D eigenvalue weighted by molar-refractivity contribution is 5.47. The predicted molar refractivity (Wildman–Crippen MR) is 63.2 cm³/mol. The van der Waals surface area contributed by atoms with E-state index in [4.69, 9.17) is 15.3 Å². The van der Waals surface area contributed by atoms with E-state index >= 15 is 0 Å². The number of anilines is 1. The van der Waals surface area contributed by atoms with Crippen LogP contribution in [0.15, 0.2) is 12.1 Å². The normalized spacial score (nSPS) is 16.3. The highest BCUT2D eigenvalue weighted by Crippen LogP contribution is 2.24. The van der Waals surface area contributed by atoms with E-state index < -0.39 is 4.92 Å². The summed E-state index contributed by atoms with van der Waals surface area (Å²) in [6, 6.07) is 2.53. The minimum Gasteiger partial charge on any atom is -0.474 e. The molecule has 1 saturated heterocycles. The van der Waals surface area contributed by atoms with Crippen molar-refractivity contribution in [1.82, 2.24) is 4.98 Å². The second-order valence-corrected chi connectivity index (χ2v) is 3.88. The van der Waals surface area contributed by atoms with Crippen LogP contribution in [0.3, 0.4) is 0 Å². The van der Waals surface area contributed by atoms with E-state index in [9.17, 15) is 10.1 Å². The van der Waals surface area contributed by atoms with E-state index in [0.717, 1.165) is 12.8 Å². The smallest absolute Gasteiger partial charge is 0.278 e. The second kappa shape index (κ2) is 5.61. The first kappa shape index (κ1) is 12.5. The lowest BCUT2D eigenvalue weighted by Gasteiger charge is -2.22. The van der Waals surface area contributed by atoms with Gasteiger partial charge in [0.05, 0.1) is 30.3 Å². The van der Waals surface area contributed by atoms with Gasteiger partial charge in [0.2, 0.25) is 5.88 Å². The lowest BCUT2D eigenvalue weighted by molar-refractivity contribution is -0.384. The summed E-state index contributed by atoms with van der Waals surface area (Å²) >= 11 is 0. The fourth-order valence-corrected chi connectivity index (χ4v) is 1.70. The van der Waals surface area contributed by atoms with Gasteiger partial charge in [-0.1, -0.05) is 0 Å². The summed E-state index contributed by atoms with van der Waals surface area (Å²) in [4.78, 5) is 14.3. The van der Waals surface area contributed by atoms with Crippen LogP contribution in [0, 0.1) is 10.1 Å². The SMILES string of the molecule is NNc1cc([N+](=O)[O-])cc(OC2CCOCC2)n1. The molecule has 1 aromatic heterocycles. The van der Waals surface area contributed by atoms with Crippen LogP contribution < -0.4 is 16.0 Å². The zero-order valence-electron chi connectivity index (χ0n) is 9.67. The number of nitrogens with one attached hydrogen (secondary N) is 1. The molecular weight excluding hydrogens is 240 g/mol. The zero-order valence-corrected chi connectivity index (χ0v) is 9.67. The van der Waals surface area contributed by atoms with Crippen molar-refractivity contribution in [2.75, 3.05) is 18.6 Å². The average Bonchev–Trinajstić information content (AvgIpc) is 2.39. The van der Waals surface area contributed by atoms with E-state index in [1.165, 1.54) is 12.1 Å². The van der Waals surface area contributed by atoms with Gasteiger partial charge in [-0.15, -0.1) is 0 Å². The molecule has 3 N–H and O–H groups in total. The molecule has 1 aliphatic heterocycles. The van der Waals surface area contributed by atoms with Crippen LogP contribution in [0.25, 0.3) is 0 Å². The Hall–Kier alpha value is -1.93. The molecule has 0 amide bonds. The topological polar surface area (TPSA) is 113 Å². The molecule has 0 radical (unpaired) electrons. The minimum atomic E-state index is -0.515. The Balaban J connectivity index is 2.15. The lowest BCUT2D eigenvalue weighted by atomic mass is 10.1. The van der Waals surface area contributed by atoms with Gasteiger partial charge >= 0.3 is 0 Å². The molecule has 2 rings (SSSR count). The van der Waals surface area contributed by atoms with Crippen molar-refractivity contribution >= 4 is 11.5 Å². The molecule has 0 aliphatic carbocycles. The van der Waals surface area contributed by atoms with Crippen molar-refractivity contribution in [3.8, 4) is 5.88 Å². The number of nitro groups is 1. The highest BCUT2D eigenvalue weighted by Gasteiger charge is 2.18. The van der Waals surface area contributed by atoms with Crippen LogP contribution in [0.1, 0.15) is 12.8 Å². The summed E-state index contributed by atoms with van der Waals surface area (Å²) in [7, 11) is 0. The first-order valence-corrected chi connectivity index (χ1v) is 5.56. The van der Waals surface area contributed by atoms with Gasteiger partial charge < -0.3 is 14.9 Å². The molecule has 1 aliphatic rings. The number of aromatic nitrogens is 1. The van der Waals surface area contributed by atoms with Gasteiger partial charge in [0, 0.05) is 12.8 Å². The van der Waals surface area contributed by atoms with Crippen LogP contribution in [-0.4, -0.2) is 29.2 Å². The first-order chi connectivity index (χ1) is 8.69. The summed E-state index contributed by atoms with van der Waals surface area (Å²) in [5, 5.41) is 10.7.